The molecule has 0 unspecified atom stereocenters. The van der Waals surface area contributed by atoms with E-state index in [0.29, 0.717) is 42.8 Å². The Morgan fingerprint density at radius 3 is 1.46 bits per heavy atom. The predicted octanol–water partition coefficient (Wildman–Crippen LogP) is 5.86. The molecule has 0 spiro atoms. The normalized spacial score (nSPS) is 10.3. The SMILES string of the molecule is CN(C)C(=N)NC(=N)Nc1cc(OCc2ccccc2)c(OCc2ccccc2)c(OCc2ccccc2)c1. The van der Waals surface area contributed by atoms with E-state index in [-0.39, 0.29) is 11.9 Å². The number of hydrogen-bond acceptors (Lipinski definition) is 5. The third kappa shape index (κ3) is 8.26. The highest BCUT2D eigenvalue weighted by molar-refractivity contribution is 6.02. The molecule has 8 nitrogen and oxygen atoms in total. The highest BCUT2D eigenvalue weighted by Gasteiger charge is 2.18. The maximum absolute atomic E-state index is 8.31. The van der Waals surface area contributed by atoms with Gasteiger partial charge in [-0.25, -0.2) is 0 Å². The Labute approximate surface area is 229 Å². The molecule has 0 aliphatic carbocycles. The maximum atomic E-state index is 8.31. The first-order valence-corrected chi connectivity index (χ1v) is 12.5. The van der Waals surface area contributed by atoms with Crippen molar-refractivity contribution in [3.8, 4) is 17.2 Å². The van der Waals surface area contributed by atoms with E-state index in [2.05, 4.69) is 10.6 Å². The average molecular weight is 524 g/mol. The van der Waals surface area contributed by atoms with Crippen molar-refractivity contribution in [1.82, 2.24) is 10.2 Å². The predicted molar refractivity (Wildman–Crippen MR) is 155 cm³/mol. The van der Waals surface area contributed by atoms with Gasteiger partial charge in [0.1, 0.15) is 19.8 Å². The molecule has 0 bridgehead atoms. The fraction of sp³-hybridized carbons (Fsp3) is 0.161. The van der Waals surface area contributed by atoms with Crippen molar-refractivity contribution in [3.63, 3.8) is 0 Å². The van der Waals surface area contributed by atoms with E-state index in [9.17, 15) is 0 Å². The van der Waals surface area contributed by atoms with Gasteiger partial charge in [-0.3, -0.25) is 16.1 Å². The van der Waals surface area contributed by atoms with E-state index in [1.165, 1.54) is 0 Å². The molecule has 0 saturated heterocycles. The Kier molecular flexibility index (Phi) is 9.39. The second-order valence-corrected chi connectivity index (χ2v) is 8.99. The summed E-state index contributed by atoms with van der Waals surface area (Å²) in [4.78, 5) is 1.57. The molecule has 8 heteroatoms. The van der Waals surface area contributed by atoms with Crippen LogP contribution in [0.5, 0.6) is 17.2 Å². The van der Waals surface area contributed by atoms with Gasteiger partial charge in [-0.1, -0.05) is 91.0 Å². The van der Waals surface area contributed by atoms with E-state index >= 15 is 0 Å². The summed E-state index contributed by atoms with van der Waals surface area (Å²) >= 11 is 0. The first kappa shape index (κ1) is 27.1. The lowest BCUT2D eigenvalue weighted by Crippen LogP contribution is -2.42. The number of ether oxygens (including phenoxy) is 3. The number of guanidine groups is 2. The van der Waals surface area contributed by atoms with E-state index in [1.807, 2.05) is 91.0 Å². The number of benzene rings is 4. The first-order valence-electron chi connectivity index (χ1n) is 12.5. The minimum absolute atomic E-state index is 0.0605. The van der Waals surface area contributed by atoms with Crippen LogP contribution < -0.4 is 24.8 Å². The maximum Gasteiger partial charge on any atom is 0.204 e. The lowest BCUT2D eigenvalue weighted by molar-refractivity contribution is 0.230. The van der Waals surface area contributed by atoms with Crippen molar-refractivity contribution in [3.05, 3.63) is 120 Å². The fourth-order valence-corrected chi connectivity index (χ4v) is 3.61. The van der Waals surface area contributed by atoms with Gasteiger partial charge >= 0.3 is 0 Å². The van der Waals surface area contributed by atoms with Gasteiger partial charge in [0, 0.05) is 31.9 Å². The van der Waals surface area contributed by atoms with Gasteiger partial charge in [0.2, 0.25) is 5.75 Å². The van der Waals surface area contributed by atoms with Crippen LogP contribution in [0.1, 0.15) is 16.7 Å². The van der Waals surface area contributed by atoms with Crippen LogP contribution in [-0.2, 0) is 19.8 Å². The Balaban J connectivity index is 1.66. The van der Waals surface area contributed by atoms with E-state index in [1.54, 1.807) is 31.1 Å². The number of anilines is 1. The van der Waals surface area contributed by atoms with Crippen LogP contribution in [-0.4, -0.2) is 30.9 Å². The van der Waals surface area contributed by atoms with Crippen LogP contribution in [0, 0.1) is 10.8 Å². The van der Waals surface area contributed by atoms with Crippen LogP contribution in [0.4, 0.5) is 5.69 Å². The molecule has 200 valence electrons. The lowest BCUT2D eigenvalue weighted by Gasteiger charge is -2.20. The Bertz CT molecular complexity index is 1300. The average Bonchev–Trinajstić information content (AvgIpc) is 2.95. The zero-order valence-corrected chi connectivity index (χ0v) is 22.1. The second-order valence-electron chi connectivity index (χ2n) is 8.99. The number of nitrogens with one attached hydrogen (secondary N) is 4. The minimum atomic E-state index is -0.0605. The summed E-state index contributed by atoms with van der Waals surface area (Å²) in [5.74, 6) is 1.43. The molecule has 0 amide bonds. The molecule has 0 heterocycles. The van der Waals surface area contributed by atoms with Crippen LogP contribution in [0.15, 0.2) is 103 Å². The lowest BCUT2D eigenvalue weighted by atomic mass is 10.2. The third-order valence-corrected chi connectivity index (χ3v) is 5.68. The van der Waals surface area contributed by atoms with Crippen LogP contribution in [0.2, 0.25) is 0 Å². The summed E-state index contributed by atoms with van der Waals surface area (Å²) in [5, 5.41) is 22.0. The molecule has 0 aliphatic heterocycles. The summed E-state index contributed by atoms with van der Waals surface area (Å²) in [6.07, 6.45) is 0. The molecule has 0 radical (unpaired) electrons. The molecule has 0 atom stereocenters. The van der Waals surface area contributed by atoms with Crippen molar-refractivity contribution in [2.45, 2.75) is 19.8 Å². The summed E-state index contributed by atoms with van der Waals surface area (Å²) in [5.41, 5.74) is 3.57. The third-order valence-electron chi connectivity index (χ3n) is 5.68. The summed E-state index contributed by atoms with van der Waals surface area (Å²) in [6, 6.07) is 33.2. The van der Waals surface area contributed by atoms with Gasteiger partial charge in [-0.2, -0.15) is 0 Å². The standard InChI is InChI=1S/C31H33N5O3/c1-36(2)31(33)35-30(32)34-26-18-27(37-20-23-12-6-3-7-13-23)29(39-22-25-16-10-5-11-17-25)28(19-26)38-21-24-14-8-4-9-15-24/h3-19H,20-22H2,1-2H3,(H4,32,33,34,35). The largest absolute Gasteiger partial charge is 0.485 e. The molecule has 39 heavy (non-hydrogen) atoms. The van der Waals surface area contributed by atoms with Crippen molar-refractivity contribution >= 4 is 17.6 Å². The molecule has 4 aromatic carbocycles. The molecule has 4 N–H and O–H groups in total. The second kappa shape index (κ2) is 13.5. The zero-order chi connectivity index (χ0) is 27.5. The van der Waals surface area contributed by atoms with Crippen LogP contribution >= 0.6 is 0 Å². The molecule has 0 aromatic heterocycles. The van der Waals surface area contributed by atoms with Crippen molar-refractivity contribution in [2.75, 3.05) is 19.4 Å². The topological polar surface area (TPSA) is 103 Å². The summed E-state index contributed by atoms with van der Waals surface area (Å²) in [7, 11) is 3.46. The Hall–Kier alpha value is -4.98. The van der Waals surface area contributed by atoms with Gasteiger partial charge in [0.15, 0.2) is 23.4 Å². The summed E-state index contributed by atoms with van der Waals surface area (Å²) < 4.78 is 18.8. The smallest absolute Gasteiger partial charge is 0.204 e. The van der Waals surface area contributed by atoms with Crippen LogP contribution in [0.25, 0.3) is 0 Å². The van der Waals surface area contributed by atoms with E-state index in [0.717, 1.165) is 16.7 Å². The molecular formula is C31H33N5O3. The molecular weight excluding hydrogens is 490 g/mol. The monoisotopic (exact) mass is 523 g/mol. The van der Waals surface area contributed by atoms with Crippen molar-refractivity contribution in [1.29, 1.82) is 10.8 Å². The van der Waals surface area contributed by atoms with E-state index < -0.39 is 0 Å². The molecule has 4 aromatic rings. The number of nitrogens with zero attached hydrogens (tertiary/aromatic N) is 1. The minimum Gasteiger partial charge on any atom is -0.485 e. The molecule has 0 aliphatic rings. The van der Waals surface area contributed by atoms with Crippen molar-refractivity contribution in [2.24, 2.45) is 0 Å². The van der Waals surface area contributed by atoms with Gasteiger partial charge in [0.25, 0.3) is 0 Å². The number of hydrogen-bond donors (Lipinski definition) is 4. The van der Waals surface area contributed by atoms with Crippen LogP contribution in [0.3, 0.4) is 0 Å². The Morgan fingerprint density at radius 2 is 1.05 bits per heavy atom. The van der Waals surface area contributed by atoms with E-state index in [4.69, 9.17) is 25.0 Å². The highest BCUT2D eigenvalue weighted by Crippen LogP contribution is 2.42. The first-order chi connectivity index (χ1) is 19.0. The van der Waals surface area contributed by atoms with Gasteiger partial charge in [0.05, 0.1) is 0 Å². The number of rotatable bonds is 10. The molecule has 0 fully saturated rings. The Morgan fingerprint density at radius 1 is 0.641 bits per heavy atom. The molecule has 4 rings (SSSR count). The quantitative estimate of drug-likeness (QED) is 0.153. The van der Waals surface area contributed by atoms with Gasteiger partial charge < -0.3 is 24.4 Å². The fourth-order valence-electron chi connectivity index (χ4n) is 3.61. The van der Waals surface area contributed by atoms with Gasteiger partial charge in [-0.15, -0.1) is 0 Å². The van der Waals surface area contributed by atoms with Gasteiger partial charge in [-0.05, 0) is 16.7 Å². The zero-order valence-electron chi connectivity index (χ0n) is 22.1. The highest BCUT2D eigenvalue weighted by atomic mass is 16.5. The van der Waals surface area contributed by atoms with Crippen molar-refractivity contribution < 1.29 is 14.2 Å². The molecule has 0 saturated carbocycles. The summed E-state index contributed by atoms with van der Waals surface area (Å²) in [6.45, 7) is 0.977.